The Morgan fingerprint density at radius 3 is 2.35 bits per heavy atom. The average molecular weight is 431 g/mol. The summed E-state index contributed by atoms with van der Waals surface area (Å²) in [5, 5.41) is 40.1. The van der Waals surface area contributed by atoms with Crippen LogP contribution < -0.4 is 16.1 Å². The molecule has 3 rings (SSSR count). The Morgan fingerprint density at radius 1 is 1.00 bits per heavy atom. The molecule has 0 saturated heterocycles. The molecule has 3 atom stereocenters. The Bertz CT molecular complexity index is 1000. The number of aliphatic hydroxyl groups excluding tert-OH is 3. The van der Waals surface area contributed by atoms with Gasteiger partial charge in [0.15, 0.2) is 5.76 Å². The molecule has 1 aromatic heterocycles. The van der Waals surface area contributed by atoms with E-state index in [9.17, 15) is 25.2 Å². The summed E-state index contributed by atoms with van der Waals surface area (Å²) in [6, 6.07) is 0. The Labute approximate surface area is 182 Å². The van der Waals surface area contributed by atoms with E-state index in [0.29, 0.717) is 10.6 Å². The Kier molecular flexibility index (Phi) is 8.15. The Balaban J connectivity index is 1.70. The number of fused-ring (bicyclic) bond motifs is 1. The highest BCUT2D eigenvalue weighted by Crippen LogP contribution is 2.28. The van der Waals surface area contributed by atoms with E-state index in [1.54, 1.807) is 0 Å². The maximum absolute atomic E-state index is 12.6. The van der Waals surface area contributed by atoms with Crippen LogP contribution in [0.4, 0.5) is 0 Å². The van der Waals surface area contributed by atoms with Crippen LogP contribution in [0.25, 0.3) is 17.7 Å². The molecule has 2 aliphatic rings. The summed E-state index contributed by atoms with van der Waals surface area (Å²) < 4.78 is 5.84. The summed E-state index contributed by atoms with van der Waals surface area (Å²) in [5.41, 5.74) is 0.0294. The first-order chi connectivity index (χ1) is 14.9. The molecule has 0 radical (unpaired) electrons. The lowest BCUT2D eigenvalue weighted by Crippen LogP contribution is -2.41. The van der Waals surface area contributed by atoms with Crippen molar-refractivity contribution in [2.24, 2.45) is 5.92 Å². The zero-order valence-electron chi connectivity index (χ0n) is 18.2. The highest BCUT2D eigenvalue weighted by molar-refractivity contribution is 5.76. The first-order valence-corrected chi connectivity index (χ1v) is 11.5. The molecule has 0 bridgehead atoms. The number of hydrogen-bond acceptors (Lipinski definition) is 6. The topological polar surface area (TPSA) is 111 Å². The van der Waals surface area contributed by atoms with Crippen molar-refractivity contribution in [2.45, 2.75) is 83.3 Å². The lowest BCUT2D eigenvalue weighted by molar-refractivity contribution is 0.0438. The van der Waals surface area contributed by atoms with E-state index in [0.717, 1.165) is 19.3 Å². The van der Waals surface area contributed by atoms with Gasteiger partial charge in [-0.05, 0) is 37.0 Å². The number of hydrogen-bond donors (Lipinski definition) is 4. The van der Waals surface area contributed by atoms with Crippen LogP contribution in [-0.2, 0) is 0 Å². The van der Waals surface area contributed by atoms with Gasteiger partial charge in [0.05, 0.1) is 5.22 Å². The van der Waals surface area contributed by atoms with E-state index in [2.05, 4.69) is 6.92 Å². The van der Waals surface area contributed by atoms with Crippen molar-refractivity contribution in [2.75, 3.05) is 0 Å². The molecule has 0 aliphatic heterocycles. The third kappa shape index (κ3) is 5.69. The van der Waals surface area contributed by atoms with Gasteiger partial charge in [0, 0.05) is 5.57 Å². The van der Waals surface area contributed by atoms with Crippen LogP contribution >= 0.6 is 0 Å². The molecule has 0 amide bonds. The molecule has 170 valence electrons. The number of aromatic hydroxyl groups is 1. The molecule has 0 aromatic carbocycles. The van der Waals surface area contributed by atoms with E-state index in [1.807, 2.05) is 12.2 Å². The summed E-state index contributed by atoms with van der Waals surface area (Å²) in [6.45, 7) is 2.22. The summed E-state index contributed by atoms with van der Waals surface area (Å²) in [4.78, 5) is 12.6. The molecule has 3 unspecified atom stereocenters. The van der Waals surface area contributed by atoms with Crippen molar-refractivity contribution in [3.8, 4) is 5.75 Å². The van der Waals surface area contributed by atoms with E-state index in [-0.39, 0.29) is 17.3 Å². The third-order valence-electron chi connectivity index (χ3n) is 6.13. The molecule has 6 heteroatoms. The van der Waals surface area contributed by atoms with E-state index in [1.165, 1.54) is 57.1 Å². The monoisotopic (exact) mass is 430 g/mol. The molecule has 2 aliphatic carbocycles. The fourth-order valence-corrected chi connectivity index (χ4v) is 4.25. The molecule has 0 fully saturated rings. The first-order valence-electron chi connectivity index (χ1n) is 11.5. The highest BCUT2D eigenvalue weighted by atomic mass is 16.4. The van der Waals surface area contributed by atoms with Crippen LogP contribution in [0, 0.1) is 5.92 Å². The van der Waals surface area contributed by atoms with Gasteiger partial charge in [0.1, 0.15) is 23.4 Å². The number of allylic oxidation sites excluding steroid dienone is 2. The van der Waals surface area contributed by atoms with Gasteiger partial charge in [-0.15, -0.1) is 0 Å². The second kappa shape index (κ2) is 10.8. The quantitative estimate of drug-likeness (QED) is 0.425. The molecular formula is C25H34O6. The van der Waals surface area contributed by atoms with E-state index >= 15 is 0 Å². The van der Waals surface area contributed by atoms with Gasteiger partial charge >= 0.3 is 0 Å². The van der Waals surface area contributed by atoms with Gasteiger partial charge in [-0.25, -0.2) is 0 Å². The van der Waals surface area contributed by atoms with Crippen LogP contribution in [0.2, 0.25) is 0 Å². The van der Waals surface area contributed by atoms with Crippen molar-refractivity contribution in [1.82, 2.24) is 0 Å². The largest absolute Gasteiger partial charge is 0.509 e. The third-order valence-corrected chi connectivity index (χ3v) is 6.13. The molecule has 31 heavy (non-hydrogen) atoms. The maximum Gasteiger partial charge on any atom is 0.234 e. The predicted molar refractivity (Wildman–Crippen MR) is 121 cm³/mol. The number of unbranched alkanes of at least 4 members (excludes halogenated alkanes) is 7. The van der Waals surface area contributed by atoms with Gasteiger partial charge < -0.3 is 24.8 Å². The van der Waals surface area contributed by atoms with Crippen molar-refractivity contribution in [3.05, 3.63) is 44.5 Å². The summed E-state index contributed by atoms with van der Waals surface area (Å²) in [6.07, 6.45) is 15.2. The zero-order chi connectivity index (χ0) is 22.4. The van der Waals surface area contributed by atoms with E-state index < -0.39 is 29.1 Å². The van der Waals surface area contributed by atoms with Gasteiger partial charge in [-0.1, -0.05) is 64.4 Å². The Morgan fingerprint density at radius 2 is 1.68 bits per heavy atom. The second-order valence-electron chi connectivity index (χ2n) is 8.64. The smallest absolute Gasteiger partial charge is 0.234 e. The number of rotatable bonds is 10. The maximum atomic E-state index is 12.6. The Hall–Kier alpha value is -2.31. The van der Waals surface area contributed by atoms with Crippen LogP contribution in [0.1, 0.15) is 76.9 Å². The average Bonchev–Trinajstić information content (AvgIpc) is 2.76. The fraction of sp³-hybridized carbons (Fsp3) is 0.560. The van der Waals surface area contributed by atoms with Crippen molar-refractivity contribution >= 4 is 17.7 Å². The van der Waals surface area contributed by atoms with Crippen LogP contribution in [0.15, 0.2) is 27.1 Å². The van der Waals surface area contributed by atoms with Gasteiger partial charge in [0.2, 0.25) is 11.2 Å². The summed E-state index contributed by atoms with van der Waals surface area (Å²) in [7, 11) is 0. The van der Waals surface area contributed by atoms with Crippen molar-refractivity contribution < 1.29 is 24.8 Å². The summed E-state index contributed by atoms with van der Waals surface area (Å²) >= 11 is 0. The minimum atomic E-state index is -1.44. The lowest BCUT2D eigenvalue weighted by atomic mass is 9.93. The first kappa shape index (κ1) is 23.4. The van der Waals surface area contributed by atoms with Gasteiger partial charge in [-0.3, -0.25) is 4.79 Å². The predicted octanol–water partition coefficient (Wildman–Crippen LogP) is 3.02. The van der Waals surface area contributed by atoms with Crippen LogP contribution in [0.5, 0.6) is 5.75 Å². The minimum Gasteiger partial charge on any atom is -0.509 e. The van der Waals surface area contributed by atoms with Crippen LogP contribution in [-0.4, -0.2) is 32.6 Å². The molecule has 4 N–H and O–H groups in total. The second-order valence-corrected chi connectivity index (χ2v) is 8.64. The molecule has 0 spiro atoms. The SMILES string of the molecule is CCCCCCCCCCC1C=c2oc(C3=CC(O)C(O)C(O)=C3)c(O)c(=O)c2=CC1. The normalized spacial score (nSPS) is 22.7. The van der Waals surface area contributed by atoms with Gasteiger partial charge in [-0.2, -0.15) is 0 Å². The number of aliphatic hydroxyl groups is 3. The highest BCUT2D eigenvalue weighted by Gasteiger charge is 2.27. The standard InChI is InChI=1S/C25H34O6/c1-2-3-4-5-6-7-8-9-10-16-11-12-18-21(13-16)31-25(24(30)22(18)28)17-14-19(26)23(29)20(27)15-17/h12-16,19,23,26-27,29-30H,2-11H2,1H3. The van der Waals surface area contributed by atoms with E-state index in [4.69, 9.17) is 4.42 Å². The summed E-state index contributed by atoms with van der Waals surface area (Å²) in [5.74, 6) is -0.861. The van der Waals surface area contributed by atoms with Crippen molar-refractivity contribution in [3.63, 3.8) is 0 Å². The minimum absolute atomic E-state index is 0.112. The molecular weight excluding hydrogens is 396 g/mol. The fourth-order valence-electron chi connectivity index (χ4n) is 4.25. The molecule has 6 nitrogen and oxygen atoms in total. The molecule has 1 aromatic rings. The zero-order valence-corrected chi connectivity index (χ0v) is 18.2. The van der Waals surface area contributed by atoms with Crippen molar-refractivity contribution in [1.29, 1.82) is 0 Å². The van der Waals surface area contributed by atoms with Gasteiger partial charge in [0.25, 0.3) is 0 Å². The molecule has 0 saturated carbocycles. The van der Waals surface area contributed by atoms with Crippen LogP contribution in [0.3, 0.4) is 0 Å². The molecule has 1 heterocycles. The lowest BCUT2D eigenvalue weighted by Gasteiger charge is -2.20.